The molecule has 0 atom stereocenters. The highest BCUT2D eigenvalue weighted by Gasteiger charge is 2.04. The predicted octanol–water partition coefficient (Wildman–Crippen LogP) is 3.94. The highest BCUT2D eigenvalue weighted by molar-refractivity contribution is 7.11. The summed E-state index contributed by atoms with van der Waals surface area (Å²) in [4.78, 5) is 14.2. The van der Waals surface area contributed by atoms with E-state index >= 15 is 0 Å². The fourth-order valence-electron chi connectivity index (χ4n) is 2.56. The molecule has 0 fully saturated rings. The van der Waals surface area contributed by atoms with Crippen molar-refractivity contribution in [1.82, 2.24) is 20.6 Å². The molecule has 1 aromatic carbocycles. The van der Waals surface area contributed by atoms with Crippen molar-refractivity contribution >= 4 is 17.3 Å². The molecule has 0 radical (unpaired) electrons. The largest absolute Gasteiger partial charge is 0.439 e. The van der Waals surface area contributed by atoms with Crippen molar-refractivity contribution in [3.63, 3.8) is 0 Å². The van der Waals surface area contributed by atoms with E-state index in [4.69, 9.17) is 4.74 Å². The maximum atomic E-state index is 13.0. The number of nitrogens with zero attached hydrogens (tertiary/aromatic N) is 3. The molecule has 0 saturated carbocycles. The van der Waals surface area contributed by atoms with Gasteiger partial charge in [-0.1, -0.05) is 6.92 Å². The number of guanidine groups is 1. The first-order valence-electron chi connectivity index (χ1n) is 9.42. The third kappa shape index (κ3) is 6.53. The van der Waals surface area contributed by atoms with Crippen LogP contribution in [-0.4, -0.2) is 29.5 Å². The maximum Gasteiger partial charge on any atom is 0.219 e. The Morgan fingerprint density at radius 2 is 2.00 bits per heavy atom. The van der Waals surface area contributed by atoms with Gasteiger partial charge in [0.2, 0.25) is 5.88 Å². The smallest absolute Gasteiger partial charge is 0.219 e. The Balaban J connectivity index is 1.48. The van der Waals surface area contributed by atoms with E-state index in [1.807, 2.05) is 18.3 Å². The Bertz CT molecular complexity index is 942. The standard InChI is InChI=1S/C21H24FN5OS/c1-3-18-14-26-20(29-18)9-11-25-21(23-2)27-13-15-8-10-24-19(12-15)28-17-6-4-16(22)5-7-17/h4-8,10,12,14H,3,9,11,13H2,1-2H3,(H2,23,25,27). The van der Waals surface area contributed by atoms with Crippen LogP contribution in [-0.2, 0) is 19.4 Å². The van der Waals surface area contributed by atoms with Crippen LogP contribution in [0.4, 0.5) is 4.39 Å². The molecule has 29 heavy (non-hydrogen) atoms. The number of aromatic nitrogens is 2. The van der Waals surface area contributed by atoms with Crippen LogP contribution in [0.2, 0.25) is 0 Å². The number of nitrogens with one attached hydrogen (secondary N) is 2. The SMILES string of the molecule is CCc1cnc(CCNC(=NC)NCc2ccnc(Oc3ccc(F)cc3)c2)s1. The minimum absolute atomic E-state index is 0.303. The molecular formula is C21H24FN5OS. The third-order valence-corrected chi connectivity index (χ3v) is 5.30. The first-order valence-corrected chi connectivity index (χ1v) is 10.2. The van der Waals surface area contributed by atoms with E-state index < -0.39 is 0 Å². The van der Waals surface area contributed by atoms with Gasteiger partial charge in [-0.25, -0.2) is 14.4 Å². The van der Waals surface area contributed by atoms with Crippen LogP contribution in [0.3, 0.4) is 0 Å². The fraction of sp³-hybridized carbons (Fsp3) is 0.286. The van der Waals surface area contributed by atoms with Gasteiger partial charge < -0.3 is 15.4 Å². The van der Waals surface area contributed by atoms with Crippen LogP contribution in [0.25, 0.3) is 0 Å². The topological polar surface area (TPSA) is 71.4 Å². The Labute approximate surface area is 173 Å². The van der Waals surface area contributed by atoms with Gasteiger partial charge in [-0.05, 0) is 42.3 Å². The molecule has 0 bridgehead atoms. The Hall–Kier alpha value is -3.00. The van der Waals surface area contributed by atoms with E-state index in [-0.39, 0.29) is 5.82 Å². The Morgan fingerprint density at radius 3 is 2.72 bits per heavy atom. The summed E-state index contributed by atoms with van der Waals surface area (Å²) in [5, 5.41) is 7.70. The molecule has 0 amide bonds. The highest BCUT2D eigenvalue weighted by atomic mass is 32.1. The lowest BCUT2D eigenvalue weighted by molar-refractivity contribution is 0.460. The lowest BCUT2D eigenvalue weighted by Gasteiger charge is -2.12. The van der Waals surface area contributed by atoms with Crippen LogP contribution < -0.4 is 15.4 Å². The number of rotatable bonds is 8. The van der Waals surface area contributed by atoms with Crippen molar-refractivity contribution in [3.05, 3.63) is 70.1 Å². The average Bonchev–Trinajstić information content (AvgIpc) is 3.20. The zero-order chi connectivity index (χ0) is 20.5. The van der Waals surface area contributed by atoms with Crippen molar-refractivity contribution in [2.45, 2.75) is 26.3 Å². The van der Waals surface area contributed by atoms with Crippen molar-refractivity contribution < 1.29 is 9.13 Å². The summed E-state index contributed by atoms with van der Waals surface area (Å²) in [7, 11) is 1.74. The van der Waals surface area contributed by atoms with Gasteiger partial charge in [-0.3, -0.25) is 4.99 Å². The number of hydrogen-bond donors (Lipinski definition) is 2. The highest BCUT2D eigenvalue weighted by Crippen LogP contribution is 2.20. The van der Waals surface area contributed by atoms with Crippen LogP contribution in [0.15, 0.2) is 53.8 Å². The molecule has 0 aliphatic rings. The number of halogens is 1. The molecule has 0 spiro atoms. The molecule has 2 heterocycles. The van der Waals surface area contributed by atoms with Gasteiger partial charge in [-0.2, -0.15) is 0 Å². The van der Waals surface area contributed by atoms with Crippen LogP contribution >= 0.6 is 11.3 Å². The van der Waals surface area contributed by atoms with Gasteiger partial charge in [0.1, 0.15) is 11.6 Å². The molecule has 0 aliphatic heterocycles. The number of hydrogen-bond acceptors (Lipinski definition) is 5. The van der Waals surface area contributed by atoms with E-state index in [1.165, 1.54) is 17.0 Å². The van der Waals surface area contributed by atoms with Crippen LogP contribution in [0, 0.1) is 5.82 Å². The molecule has 8 heteroatoms. The molecule has 2 aromatic heterocycles. The molecule has 0 aliphatic carbocycles. The van der Waals surface area contributed by atoms with Gasteiger partial charge in [0.05, 0.1) is 5.01 Å². The van der Waals surface area contributed by atoms with Crippen LogP contribution in [0.1, 0.15) is 22.4 Å². The lowest BCUT2D eigenvalue weighted by atomic mass is 10.2. The number of aryl methyl sites for hydroxylation is 1. The third-order valence-electron chi connectivity index (χ3n) is 4.10. The van der Waals surface area contributed by atoms with Crippen molar-refractivity contribution in [2.24, 2.45) is 4.99 Å². The molecule has 2 N–H and O–H groups in total. The minimum atomic E-state index is -0.303. The summed E-state index contributed by atoms with van der Waals surface area (Å²) < 4.78 is 18.7. The van der Waals surface area contributed by atoms with E-state index in [0.717, 1.165) is 35.9 Å². The van der Waals surface area contributed by atoms with Gasteiger partial charge in [0.25, 0.3) is 0 Å². The average molecular weight is 414 g/mol. The number of benzene rings is 1. The maximum absolute atomic E-state index is 13.0. The van der Waals surface area contributed by atoms with E-state index in [0.29, 0.717) is 18.2 Å². The first kappa shape index (κ1) is 20.7. The second kappa shape index (κ2) is 10.5. The minimum Gasteiger partial charge on any atom is -0.439 e. The number of thiazole rings is 1. The van der Waals surface area contributed by atoms with E-state index in [2.05, 4.69) is 32.5 Å². The number of pyridine rings is 1. The normalized spacial score (nSPS) is 11.3. The van der Waals surface area contributed by atoms with Crippen molar-refractivity contribution in [2.75, 3.05) is 13.6 Å². The predicted molar refractivity (Wildman–Crippen MR) is 114 cm³/mol. The zero-order valence-corrected chi connectivity index (χ0v) is 17.3. The lowest BCUT2D eigenvalue weighted by Crippen LogP contribution is -2.37. The van der Waals surface area contributed by atoms with E-state index in [9.17, 15) is 4.39 Å². The molecular weight excluding hydrogens is 389 g/mol. The number of ether oxygens (including phenoxy) is 1. The zero-order valence-electron chi connectivity index (χ0n) is 16.5. The molecule has 0 saturated heterocycles. The second-order valence-corrected chi connectivity index (χ2v) is 7.43. The van der Waals surface area contributed by atoms with Gasteiger partial charge in [0, 0.05) is 49.9 Å². The van der Waals surface area contributed by atoms with E-state index in [1.54, 1.807) is 36.7 Å². The summed E-state index contributed by atoms with van der Waals surface area (Å²) in [6, 6.07) is 9.58. The summed E-state index contributed by atoms with van der Waals surface area (Å²) in [6.07, 6.45) is 5.51. The van der Waals surface area contributed by atoms with Crippen LogP contribution in [0.5, 0.6) is 11.6 Å². The van der Waals surface area contributed by atoms with Gasteiger partial charge >= 0.3 is 0 Å². The summed E-state index contributed by atoms with van der Waals surface area (Å²) in [6.45, 7) is 3.46. The summed E-state index contributed by atoms with van der Waals surface area (Å²) >= 11 is 1.75. The second-order valence-electron chi connectivity index (χ2n) is 6.23. The molecule has 6 nitrogen and oxygen atoms in total. The van der Waals surface area contributed by atoms with Gasteiger partial charge in [0.15, 0.2) is 5.96 Å². The quantitative estimate of drug-likeness (QED) is 0.432. The van der Waals surface area contributed by atoms with Gasteiger partial charge in [-0.15, -0.1) is 11.3 Å². The van der Waals surface area contributed by atoms with Crippen molar-refractivity contribution in [1.29, 1.82) is 0 Å². The fourth-order valence-corrected chi connectivity index (χ4v) is 3.42. The summed E-state index contributed by atoms with van der Waals surface area (Å²) in [5.41, 5.74) is 0.993. The summed E-state index contributed by atoms with van der Waals surface area (Å²) in [5.74, 6) is 1.40. The molecule has 3 rings (SSSR count). The Kier molecular flexibility index (Phi) is 7.52. The first-order chi connectivity index (χ1) is 14.2. The molecule has 152 valence electrons. The Morgan fingerprint density at radius 1 is 1.17 bits per heavy atom. The van der Waals surface area contributed by atoms with Crippen molar-refractivity contribution in [3.8, 4) is 11.6 Å². The number of aliphatic imine (C=N–C) groups is 1. The molecule has 0 unspecified atom stereocenters. The monoisotopic (exact) mass is 413 g/mol. The molecule has 3 aromatic rings.